The first kappa shape index (κ1) is 17.5. The van der Waals surface area contributed by atoms with E-state index >= 15 is 0 Å². The van der Waals surface area contributed by atoms with Gasteiger partial charge in [-0.25, -0.2) is 0 Å². The van der Waals surface area contributed by atoms with Gasteiger partial charge in [-0.15, -0.1) is 0 Å². The van der Waals surface area contributed by atoms with Crippen molar-refractivity contribution in [2.75, 3.05) is 19.8 Å². The van der Waals surface area contributed by atoms with E-state index < -0.39 is 11.8 Å². The van der Waals surface area contributed by atoms with Crippen molar-refractivity contribution in [1.29, 1.82) is 0 Å². The van der Waals surface area contributed by atoms with E-state index in [1.807, 2.05) is 20.8 Å². The first-order valence-corrected chi connectivity index (χ1v) is 7.94. The van der Waals surface area contributed by atoms with Gasteiger partial charge < -0.3 is 9.47 Å². The van der Waals surface area contributed by atoms with Gasteiger partial charge in [-0.05, 0) is 38.5 Å². The van der Waals surface area contributed by atoms with E-state index in [1.165, 1.54) is 0 Å². The van der Waals surface area contributed by atoms with Crippen molar-refractivity contribution in [3.05, 3.63) is 34.9 Å². The smallest absolute Gasteiger partial charge is 0.273 e. The summed E-state index contributed by atoms with van der Waals surface area (Å²) in [5.41, 5.74) is 0.827. The fourth-order valence-corrected chi connectivity index (χ4v) is 2.56. The summed E-state index contributed by atoms with van der Waals surface area (Å²) in [4.78, 5) is 25.8. The first-order valence-electron chi connectivity index (χ1n) is 7.56. The van der Waals surface area contributed by atoms with Gasteiger partial charge >= 0.3 is 0 Å². The Morgan fingerprint density at radius 2 is 1.78 bits per heavy atom. The zero-order valence-corrected chi connectivity index (χ0v) is 14.2. The molecule has 0 aromatic heterocycles. The van der Waals surface area contributed by atoms with Crippen LogP contribution in [0.15, 0.2) is 29.3 Å². The van der Waals surface area contributed by atoms with Gasteiger partial charge in [-0.1, -0.05) is 23.7 Å². The standard InChI is InChI=1S/C17H20ClNO4/c1-4-22-13-7-5-12(6-8-13)14-15(18)17(21)19(16(14)20)9-10-23-11(2)3/h5-8,11H,4,9-10H2,1-3H3. The predicted molar refractivity (Wildman–Crippen MR) is 88.2 cm³/mol. The fraction of sp³-hybridized carbons (Fsp3) is 0.412. The second-order valence-corrected chi connectivity index (χ2v) is 5.71. The van der Waals surface area contributed by atoms with E-state index in [-0.39, 0.29) is 29.9 Å². The fourth-order valence-electron chi connectivity index (χ4n) is 2.26. The summed E-state index contributed by atoms with van der Waals surface area (Å²) in [5, 5.41) is -0.0521. The average molecular weight is 338 g/mol. The molecule has 0 saturated carbocycles. The molecule has 5 nitrogen and oxygen atoms in total. The quantitative estimate of drug-likeness (QED) is 0.718. The lowest BCUT2D eigenvalue weighted by molar-refractivity contribution is -0.137. The van der Waals surface area contributed by atoms with E-state index in [0.29, 0.717) is 17.9 Å². The summed E-state index contributed by atoms with van der Waals surface area (Å²) in [6.07, 6.45) is 0.0387. The number of rotatable bonds is 7. The zero-order chi connectivity index (χ0) is 17.0. The molecule has 0 radical (unpaired) electrons. The summed E-state index contributed by atoms with van der Waals surface area (Å²) >= 11 is 6.09. The number of carbonyl (C=O) groups is 2. The second-order valence-electron chi connectivity index (χ2n) is 5.33. The molecule has 2 rings (SSSR count). The number of benzene rings is 1. The highest BCUT2D eigenvalue weighted by Gasteiger charge is 2.37. The zero-order valence-electron chi connectivity index (χ0n) is 13.5. The lowest BCUT2D eigenvalue weighted by atomic mass is 10.1. The molecule has 0 spiro atoms. The molecular weight excluding hydrogens is 318 g/mol. The molecule has 0 fully saturated rings. The Labute approximate surface area is 140 Å². The molecular formula is C17H20ClNO4. The number of carbonyl (C=O) groups excluding carboxylic acids is 2. The van der Waals surface area contributed by atoms with Gasteiger partial charge in [0.2, 0.25) is 0 Å². The maximum Gasteiger partial charge on any atom is 0.273 e. The largest absolute Gasteiger partial charge is 0.494 e. The summed E-state index contributed by atoms with van der Waals surface area (Å²) in [5.74, 6) is -0.170. The Kier molecular flexibility index (Phi) is 5.80. The Balaban J connectivity index is 2.15. The highest BCUT2D eigenvalue weighted by molar-refractivity contribution is 6.55. The SMILES string of the molecule is CCOc1ccc(C2=C(Cl)C(=O)N(CCOC(C)C)C2=O)cc1. The molecule has 0 bridgehead atoms. The topological polar surface area (TPSA) is 55.8 Å². The number of nitrogens with zero attached hydrogens (tertiary/aromatic N) is 1. The van der Waals surface area contributed by atoms with Crippen LogP contribution in [0.5, 0.6) is 5.75 Å². The maximum atomic E-state index is 12.5. The number of hydrogen-bond donors (Lipinski definition) is 0. The van der Waals surface area contributed by atoms with Gasteiger partial charge in [0, 0.05) is 0 Å². The molecule has 1 heterocycles. The lowest BCUT2D eigenvalue weighted by Gasteiger charge is -2.16. The Hall–Kier alpha value is -1.85. The number of imide groups is 1. The van der Waals surface area contributed by atoms with Crippen molar-refractivity contribution < 1.29 is 19.1 Å². The summed E-state index contributed by atoms with van der Waals surface area (Å²) in [6, 6.07) is 6.95. The second kappa shape index (κ2) is 7.62. The molecule has 2 amide bonds. The molecule has 1 aliphatic heterocycles. The third-order valence-corrected chi connectivity index (χ3v) is 3.68. The lowest BCUT2D eigenvalue weighted by Crippen LogP contribution is -2.34. The van der Waals surface area contributed by atoms with Crippen molar-refractivity contribution in [3.63, 3.8) is 0 Å². The third-order valence-electron chi connectivity index (χ3n) is 3.33. The molecule has 6 heteroatoms. The predicted octanol–water partition coefficient (Wildman–Crippen LogP) is 2.83. The van der Waals surface area contributed by atoms with Crippen LogP contribution < -0.4 is 4.74 Å². The normalized spacial score (nSPS) is 15.1. The minimum absolute atomic E-state index is 0.0387. The van der Waals surface area contributed by atoms with E-state index in [1.54, 1.807) is 24.3 Å². The monoisotopic (exact) mass is 337 g/mol. The van der Waals surface area contributed by atoms with Crippen LogP contribution in [0, 0.1) is 0 Å². The average Bonchev–Trinajstić information content (AvgIpc) is 2.72. The van der Waals surface area contributed by atoms with Crippen LogP contribution in [0.2, 0.25) is 0 Å². The highest BCUT2D eigenvalue weighted by atomic mass is 35.5. The van der Waals surface area contributed by atoms with Crippen LogP contribution in [0.3, 0.4) is 0 Å². The van der Waals surface area contributed by atoms with Crippen LogP contribution in [0.1, 0.15) is 26.3 Å². The first-order chi connectivity index (χ1) is 11.0. The number of amides is 2. The van der Waals surface area contributed by atoms with E-state index in [4.69, 9.17) is 21.1 Å². The van der Waals surface area contributed by atoms with Gasteiger partial charge in [0.25, 0.3) is 11.8 Å². The Bertz CT molecular complexity index is 622. The molecule has 23 heavy (non-hydrogen) atoms. The maximum absolute atomic E-state index is 12.5. The summed E-state index contributed by atoms with van der Waals surface area (Å²) in [7, 11) is 0. The molecule has 0 unspecified atom stereocenters. The van der Waals surface area contributed by atoms with Crippen LogP contribution in [-0.2, 0) is 14.3 Å². The molecule has 1 aliphatic rings. The van der Waals surface area contributed by atoms with Crippen LogP contribution in [-0.4, -0.2) is 42.6 Å². The Morgan fingerprint density at radius 3 is 2.35 bits per heavy atom. The summed E-state index contributed by atoms with van der Waals surface area (Å²) < 4.78 is 10.8. The Morgan fingerprint density at radius 1 is 1.13 bits per heavy atom. The molecule has 1 aromatic carbocycles. The molecule has 124 valence electrons. The van der Waals surface area contributed by atoms with Crippen molar-refractivity contribution in [3.8, 4) is 5.75 Å². The van der Waals surface area contributed by atoms with Gasteiger partial charge in [-0.2, -0.15) is 0 Å². The molecule has 0 N–H and O–H groups in total. The molecule has 1 aromatic rings. The van der Waals surface area contributed by atoms with E-state index in [0.717, 1.165) is 4.90 Å². The van der Waals surface area contributed by atoms with Crippen molar-refractivity contribution in [1.82, 2.24) is 4.90 Å². The van der Waals surface area contributed by atoms with Crippen molar-refractivity contribution in [2.45, 2.75) is 26.9 Å². The third kappa shape index (κ3) is 3.92. The van der Waals surface area contributed by atoms with Crippen molar-refractivity contribution >= 4 is 29.0 Å². The van der Waals surface area contributed by atoms with Crippen LogP contribution in [0.25, 0.3) is 5.57 Å². The van der Waals surface area contributed by atoms with Crippen LogP contribution in [0.4, 0.5) is 0 Å². The highest BCUT2D eigenvalue weighted by Crippen LogP contribution is 2.32. The van der Waals surface area contributed by atoms with E-state index in [2.05, 4.69) is 0 Å². The van der Waals surface area contributed by atoms with Gasteiger partial charge in [0.15, 0.2) is 0 Å². The van der Waals surface area contributed by atoms with Gasteiger partial charge in [0.1, 0.15) is 10.8 Å². The minimum Gasteiger partial charge on any atom is -0.494 e. The van der Waals surface area contributed by atoms with Gasteiger partial charge in [-0.3, -0.25) is 14.5 Å². The number of hydrogen-bond acceptors (Lipinski definition) is 4. The molecule has 0 atom stereocenters. The minimum atomic E-state index is -0.479. The summed E-state index contributed by atoms with van der Waals surface area (Å²) in [6.45, 7) is 6.71. The van der Waals surface area contributed by atoms with Crippen molar-refractivity contribution in [2.24, 2.45) is 0 Å². The molecule has 0 aliphatic carbocycles. The number of ether oxygens (including phenoxy) is 2. The number of halogens is 1. The van der Waals surface area contributed by atoms with E-state index in [9.17, 15) is 9.59 Å². The van der Waals surface area contributed by atoms with Gasteiger partial charge in [0.05, 0.1) is 31.4 Å². The van der Waals surface area contributed by atoms with Crippen LogP contribution >= 0.6 is 11.6 Å². The molecule has 0 saturated heterocycles.